The fraction of sp³-hybridized carbons (Fsp3) is 0.400. The van der Waals surface area contributed by atoms with Crippen LogP contribution >= 0.6 is 0 Å². The molecule has 0 saturated heterocycles. The van der Waals surface area contributed by atoms with E-state index in [2.05, 4.69) is 4.74 Å². The van der Waals surface area contributed by atoms with Crippen LogP contribution in [-0.4, -0.2) is 35.6 Å². The SMILES string of the molecule is OB(O)c1cc(F)ccc1COC(C(F)(F)F)C(F)(F)F. The van der Waals surface area contributed by atoms with Gasteiger partial charge in [-0.1, -0.05) is 6.07 Å². The third kappa shape index (κ3) is 4.86. The highest BCUT2D eigenvalue weighted by Gasteiger charge is 2.58. The van der Waals surface area contributed by atoms with Gasteiger partial charge < -0.3 is 14.8 Å². The molecule has 1 aromatic carbocycles. The summed E-state index contributed by atoms with van der Waals surface area (Å²) < 4.78 is 90.1. The minimum Gasteiger partial charge on any atom is -0.423 e. The molecule has 0 aliphatic carbocycles. The van der Waals surface area contributed by atoms with E-state index in [0.29, 0.717) is 6.07 Å². The van der Waals surface area contributed by atoms with E-state index in [4.69, 9.17) is 10.0 Å². The Morgan fingerprint density at radius 2 is 1.57 bits per heavy atom. The Bertz CT molecular complexity index is 473. The largest absolute Gasteiger partial charge is 0.488 e. The molecule has 0 bridgehead atoms. The van der Waals surface area contributed by atoms with Gasteiger partial charge in [0.2, 0.25) is 6.10 Å². The first-order valence-corrected chi connectivity index (χ1v) is 5.32. The van der Waals surface area contributed by atoms with Crippen molar-refractivity contribution in [2.24, 2.45) is 0 Å². The third-order valence-corrected chi connectivity index (χ3v) is 2.39. The fourth-order valence-electron chi connectivity index (χ4n) is 1.49. The van der Waals surface area contributed by atoms with Crippen molar-refractivity contribution in [3.63, 3.8) is 0 Å². The molecule has 0 aromatic heterocycles. The maximum Gasteiger partial charge on any atom is 0.488 e. The normalized spacial score (nSPS) is 12.9. The van der Waals surface area contributed by atoms with Gasteiger partial charge in [-0.15, -0.1) is 0 Å². The van der Waals surface area contributed by atoms with Crippen molar-refractivity contribution in [3.05, 3.63) is 29.6 Å². The Morgan fingerprint density at radius 1 is 1.05 bits per heavy atom. The van der Waals surface area contributed by atoms with Crippen LogP contribution in [0.5, 0.6) is 0 Å². The van der Waals surface area contributed by atoms with Gasteiger partial charge in [0.05, 0.1) is 6.61 Å². The molecule has 0 aliphatic heterocycles. The Hall–Kier alpha value is -1.33. The molecule has 21 heavy (non-hydrogen) atoms. The van der Waals surface area contributed by atoms with E-state index in [0.717, 1.165) is 12.1 Å². The van der Waals surface area contributed by atoms with E-state index in [1.165, 1.54) is 0 Å². The number of benzene rings is 1. The highest BCUT2D eigenvalue weighted by Crippen LogP contribution is 2.36. The quantitative estimate of drug-likeness (QED) is 0.653. The van der Waals surface area contributed by atoms with Crippen molar-refractivity contribution >= 4 is 12.6 Å². The van der Waals surface area contributed by atoms with E-state index < -0.39 is 49.0 Å². The summed E-state index contributed by atoms with van der Waals surface area (Å²) in [5.74, 6) is -0.940. The second-order valence-corrected chi connectivity index (χ2v) is 3.99. The van der Waals surface area contributed by atoms with Crippen LogP contribution in [0.15, 0.2) is 18.2 Å². The Kier molecular flexibility index (Phi) is 5.23. The molecule has 1 aromatic rings. The monoisotopic (exact) mass is 320 g/mol. The molecule has 2 N–H and O–H groups in total. The molecular formula is C10H8BF7O3. The number of alkyl halides is 6. The second-order valence-electron chi connectivity index (χ2n) is 3.99. The lowest BCUT2D eigenvalue weighted by Crippen LogP contribution is -2.44. The predicted molar refractivity (Wildman–Crippen MR) is 56.9 cm³/mol. The van der Waals surface area contributed by atoms with Crippen LogP contribution in [0.1, 0.15) is 5.56 Å². The van der Waals surface area contributed by atoms with Crippen molar-refractivity contribution in [2.75, 3.05) is 0 Å². The predicted octanol–water partition coefficient (Wildman–Crippen LogP) is 1.52. The third-order valence-electron chi connectivity index (χ3n) is 2.39. The van der Waals surface area contributed by atoms with Gasteiger partial charge in [-0.3, -0.25) is 0 Å². The molecule has 0 radical (unpaired) electrons. The molecule has 0 saturated carbocycles. The van der Waals surface area contributed by atoms with Gasteiger partial charge in [-0.25, -0.2) is 4.39 Å². The van der Waals surface area contributed by atoms with Gasteiger partial charge in [0.25, 0.3) is 0 Å². The Labute approximate surface area is 114 Å². The van der Waals surface area contributed by atoms with E-state index in [-0.39, 0.29) is 0 Å². The van der Waals surface area contributed by atoms with Gasteiger partial charge in [-0.05, 0) is 23.2 Å². The van der Waals surface area contributed by atoms with E-state index in [1.54, 1.807) is 0 Å². The first-order chi connectivity index (χ1) is 9.43. The average Bonchev–Trinajstić information content (AvgIpc) is 2.27. The summed E-state index contributed by atoms with van der Waals surface area (Å²) in [7, 11) is -2.27. The summed E-state index contributed by atoms with van der Waals surface area (Å²) in [6, 6.07) is 2.11. The first kappa shape index (κ1) is 17.7. The zero-order valence-electron chi connectivity index (χ0n) is 10.0. The van der Waals surface area contributed by atoms with Crippen molar-refractivity contribution in [1.82, 2.24) is 0 Å². The minimum absolute atomic E-state index is 0.412. The number of ether oxygens (including phenoxy) is 1. The maximum absolute atomic E-state index is 12.9. The number of rotatable bonds is 4. The standard InChI is InChI=1S/C10H8BF7O3/c12-6-2-1-5(7(3-6)11(19)20)4-21-8(9(13,14)15)10(16,17)18/h1-3,8,19-20H,4H2. The lowest BCUT2D eigenvalue weighted by molar-refractivity contribution is -0.324. The van der Waals surface area contributed by atoms with Crippen LogP contribution in [0.2, 0.25) is 0 Å². The number of hydrogen-bond acceptors (Lipinski definition) is 3. The molecule has 11 heteroatoms. The van der Waals surface area contributed by atoms with Gasteiger partial charge in [0, 0.05) is 0 Å². The van der Waals surface area contributed by atoms with Gasteiger partial charge >= 0.3 is 19.5 Å². The summed E-state index contributed by atoms with van der Waals surface area (Å²) in [5, 5.41) is 17.8. The van der Waals surface area contributed by atoms with Crippen LogP contribution in [0, 0.1) is 5.82 Å². The van der Waals surface area contributed by atoms with Crippen LogP contribution in [0.25, 0.3) is 0 Å². The van der Waals surface area contributed by atoms with E-state index in [1.807, 2.05) is 0 Å². The Morgan fingerprint density at radius 3 is 2.00 bits per heavy atom. The topological polar surface area (TPSA) is 49.7 Å². The van der Waals surface area contributed by atoms with Crippen molar-refractivity contribution in [3.8, 4) is 0 Å². The van der Waals surface area contributed by atoms with Gasteiger partial charge in [-0.2, -0.15) is 26.3 Å². The van der Waals surface area contributed by atoms with E-state index in [9.17, 15) is 30.7 Å². The van der Waals surface area contributed by atoms with E-state index >= 15 is 0 Å². The molecule has 0 spiro atoms. The zero-order chi connectivity index (χ0) is 16.4. The lowest BCUT2D eigenvalue weighted by Gasteiger charge is -2.23. The van der Waals surface area contributed by atoms with Gasteiger partial charge in [0.15, 0.2) is 0 Å². The molecular weight excluding hydrogens is 312 g/mol. The molecule has 0 unspecified atom stereocenters. The van der Waals surface area contributed by atoms with Crippen molar-refractivity contribution < 1.29 is 45.5 Å². The highest BCUT2D eigenvalue weighted by atomic mass is 19.4. The summed E-state index contributed by atoms with van der Waals surface area (Å²) in [6.45, 7) is -1.23. The molecule has 0 aliphatic rings. The highest BCUT2D eigenvalue weighted by molar-refractivity contribution is 6.59. The average molecular weight is 320 g/mol. The lowest BCUT2D eigenvalue weighted by atomic mass is 9.77. The summed E-state index contributed by atoms with van der Waals surface area (Å²) >= 11 is 0. The summed E-state index contributed by atoms with van der Waals surface area (Å²) in [4.78, 5) is 0. The van der Waals surface area contributed by atoms with Crippen molar-refractivity contribution in [1.29, 1.82) is 0 Å². The van der Waals surface area contributed by atoms with Crippen molar-refractivity contribution in [2.45, 2.75) is 25.1 Å². The molecule has 0 heterocycles. The molecule has 3 nitrogen and oxygen atoms in total. The molecule has 0 fully saturated rings. The number of hydrogen-bond donors (Lipinski definition) is 2. The first-order valence-electron chi connectivity index (χ1n) is 5.32. The smallest absolute Gasteiger partial charge is 0.423 e. The maximum atomic E-state index is 12.9. The molecule has 118 valence electrons. The Balaban J connectivity index is 2.96. The summed E-state index contributed by atoms with van der Waals surface area (Å²) in [6.07, 6.45) is -15.4. The molecule has 1 rings (SSSR count). The van der Waals surface area contributed by atoms with Crippen LogP contribution in [-0.2, 0) is 11.3 Å². The van der Waals surface area contributed by atoms with Gasteiger partial charge in [0.1, 0.15) is 5.82 Å². The van der Waals surface area contributed by atoms with Crippen LogP contribution in [0.3, 0.4) is 0 Å². The molecule has 0 amide bonds. The van der Waals surface area contributed by atoms with Crippen LogP contribution < -0.4 is 5.46 Å². The fourth-order valence-corrected chi connectivity index (χ4v) is 1.49. The summed E-state index contributed by atoms with van der Waals surface area (Å²) in [5.41, 5.74) is -0.997. The minimum atomic E-state index is -5.68. The zero-order valence-corrected chi connectivity index (χ0v) is 10.0. The number of halogens is 7. The molecule has 0 atom stereocenters. The second kappa shape index (κ2) is 6.20. The van der Waals surface area contributed by atoms with Crippen LogP contribution in [0.4, 0.5) is 30.7 Å².